The van der Waals surface area contributed by atoms with Gasteiger partial charge in [-0.05, 0) is 60.4 Å². The largest absolute Gasteiger partial charge is 0.495 e. The van der Waals surface area contributed by atoms with Gasteiger partial charge in [0.2, 0.25) is 10.0 Å². The lowest BCUT2D eigenvalue weighted by atomic mass is 10.0. The van der Waals surface area contributed by atoms with Crippen LogP contribution in [0.15, 0.2) is 65.6 Å². The van der Waals surface area contributed by atoms with Crippen LogP contribution in [0.5, 0.6) is 5.75 Å². The summed E-state index contributed by atoms with van der Waals surface area (Å²) in [7, 11) is -2.44. The molecule has 0 unspecified atom stereocenters. The number of carbonyl (C=O) groups is 1. The second-order valence-corrected chi connectivity index (χ2v) is 9.59. The Morgan fingerprint density at radius 1 is 1.06 bits per heavy atom. The van der Waals surface area contributed by atoms with E-state index >= 15 is 0 Å². The van der Waals surface area contributed by atoms with E-state index in [1.165, 1.54) is 17.5 Å². The Morgan fingerprint density at radius 2 is 1.81 bits per heavy atom. The molecular formula is C24H23FN2O4S. The van der Waals surface area contributed by atoms with Gasteiger partial charge in [0.1, 0.15) is 11.6 Å². The number of rotatable bonds is 5. The monoisotopic (exact) mass is 454 g/mol. The van der Waals surface area contributed by atoms with Crippen molar-refractivity contribution < 1.29 is 22.3 Å². The Bertz CT molecular complexity index is 1290. The fourth-order valence-electron chi connectivity index (χ4n) is 3.77. The van der Waals surface area contributed by atoms with E-state index < -0.39 is 21.7 Å². The van der Waals surface area contributed by atoms with E-state index in [0.717, 1.165) is 28.8 Å². The zero-order valence-corrected chi connectivity index (χ0v) is 18.6. The molecule has 3 aromatic carbocycles. The normalized spacial score (nSPS) is 14.0. The number of nitrogens with one attached hydrogen (secondary N) is 1. The molecule has 1 aliphatic heterocycles. The van der Waals surface area contributed by atoms with Crippen molar-refractivity contribution in [3.63, 3.8) is 0 Å². The highest BCUT2D eigenvalue weighted by atomic mass is 32.2. The van der Waals surface area contributed by atoms with E-state index in [4.69, 9.17) is 4.74 Å². The maximum absolute atomic E-state index is 14.5. The number of aryl methyl sites for hydroxylation is 1. The first-order valence-electron chi connectivity index (χ1n) is 10.1. The van der Waals surface area contributed by atoms with Crippen molar-refractivity contribution in [2.45, 2.75) is 24.8 Å². The number of ether oxygens (including phenoxy) is 1. The molecule has 0 fully saturated rings. The number of fused-ring (bicyclic) bond motifs is 1. The van der Waals surface area contributed by atoms with Gasteiger partial charge in [-0.25, -0.2) is 12.8 Å². The number of nitrogens with zero attached hydrogens (tertiary/aromatic N) is 1. The first-order valence-corrected chi connectivity index (χ1v) is 11.6. The number of amides is 1. The van der Waals surface area contributed by atoms with Crippen LogP contribution in [0.2, 0.25) is 0 Å². The third kappa shape index (κ3) is 4.24. The molecule has 3 aromatic rings. The molecule has 166 valence electrons. The van der Waals surface area contributed by atoms with Crippen molar-refractivity contribution in [3.8, 4) is 5.75 Å². The topological polar surface area (TPSA) is 75.7 Å². The molecule has 1 N–H and O–H groups in total. The summed E-state index contributed by atoms with van der Waals surface area (Å²) in [6.07, 6.45) is 0.594. The fraction of sp³-hybridized carbons (Fsp3) is 0.208. The van der Waals surface area contributed by atoms with E-state index in [9.17, 15) is 17.6 Å². The van der Waals surface area contributed by atoms with Crippen LogP contribution in [0, 0.1) is 12.7 Å². The van der Waals surface area contributed by atoms with Crippen LogP contribution in [0.4, 0.5) is 10.1 Å². The Morgan fingerprint density at radius 3 is 2.56 bits per heavy atom. The van der Waals surface area contributed by atoms with Crippen LogP contribution in [0.1, 0.15) is 27.0 Å². The number of halogens is 1. The predicted molar refractivity (Wildman–Crippen MR) is 120 cm³/mol. The van der Waals surface area contributed by atoms with E-state index in [2.05, 4.69) is 5.32 Å². The summed E-state index contributed by atoms with van der Waals surface area (Å²) in [6.45, 7) is 2.40. The SMILES string of the molecule is COc1ccc(C)cc1NC(=O)c1cc(S(=O)(=O)N2CCc3ccccc3C2)ccc1F. The smallest absolute Gasteiger partial charge is 0.258 e. The molecule has 0 bridgehead atoms. The molecule has 1 aliphatic rings. The molecule has 1 amide bonds. The van der Waals surface area contributed by atoms with Crippen LogP contribution in [-0.4, -0.2) is 32.3 Å². The first kappa shape index (κ1) is 22.0. The van der Waals surface area contributed by atoms with Gasteiger partial charge in [0.25, 0.3) is 5.91 Å². The average molecular weight is 455 g/mol. The predicted octanol–water partition coefficient (Wildman–Crippen LogP) is 4.14. The number of hydrogen-bond acceptors (Lipinski definition) is 4. The Balaban J connectivity index is 1.63. The highest BCUT2D eigenvalue weighted by Crippen LogP contribution is 2.28. The zero-order valence-electron chi connectivity index (χ0n) is 17.8. The minimum absolute atomic E-state index is 0.125. The quantitative estimate of drug-likeness (QED) is 0.629. The molecule has 1 heterocycles. The van der Waals surface area contributed by atoms with E-state index in [-0.39, 0.29) is 17.0 Å². The number of methoxy groups -OCH3 is 1. The fourth-order valence-corrected chi connectivity index (χ4v) is 5.22. The van der Waals surface area contributed by atoms with Gasteiger partial charge in [-0.15, -0.1) is 0 Å². The number of sulfonamides is 1. The van der Waals surface area contributed by atoms with Gasteiger partial charge >= 0.3 is 0 Å². The van der Waals surface area contributed by atoms with Crippen LogP contribution in [0.3, 0.4) is 0 Å². The van der Waals surface area contributed by atoms with Gasteiger partial charge in [-0.1, -0.05) is 30.3 Å². The molecule has 4 rings (SSSR count). The Labute approximate surface area is 186 Å². The highest BCUT2D eigenvalue weighted by Gasteiger charge is 2.29. The number of benzene rings is 3. The molecule has 0 saturated carbocycles. The van der Waals surface area contributed by atoms with Crippen molar-refractivity contribution in [1.82, 2.24) is 4.31 Å². The summed E-state index contributed by atoms with van der Waals surface area (Å²) in [6, 6.07) is 16.2. The molecule has 0 spiro atoms. The standard InChI is InChI=1S/C24H23FN2O4S/c1-16-7-10-23(31-2)22(13-16)26-24(28)20-14-19(8-9-21(20)25)32(29,30)27-12-11-17-5-3-4-6-18(17)15-27/h3-10,13-14H,11-12,15H2,1-2H3,(H,26,28). The molecule has 8 heteroatoms. The molecule has 32 heavy (non-hydrogen) atoms. The summed E-state index contributed by atoms with van der Waals surface area (Å²) < 4.78 is 47.6. The summed E-state index contributed by atoms with van der Waals surface area (Å²) in [5.41, 5.74) is 2.95. The van der Waals surface area contributed by atoms with Gasteiger partial charge in [0.15, 0.2) is 0 Å². The molecular weight excluding hydrogens is 431 g/mol. The second-order valence-electron chi connectivity index (χ2n) is 7.66. The molecule has 6 nitrogen and oxygen atoms in total. The lowest BCUT2D eigenvalue weighted by molar-refractivity contribution is 0.102. The van der Waals surface area contributed by atoms with Crippen LogP contribution < -0.4 is 10.1 Å². The van der Waals surface area contributed by atoms with E-state index in [1.807, 2.05) is 37.3 Å². The van der Waals surface area contributed by atoms with Crippen LogP contribution >= 0.6 is 0 Å². The van der Waals surface area contributed by atoms with Crippen LogP contribution in [-0.2, 0) is 23.0 Å². The molecule has 0 aromatic heterocycles. The molecule has 0 saturated heterocycles. The first-order chi connectivity index (χ1) is 15.3. The molecule has 0 aliphatic carbocycles. The van der Waals surface area contributed by atoms with Crippen molar-refractivity contribution >= 4 is 21.6 Å². The third-order valence-electron chi connectivity index (χ3n) is 5.52. The number of anilines is 1. The maximum Gasteiger partial charge on any atom is 0.258 e. The molecule has 0 atom stereocenters. The zero-order chi connectivity index (χ0) is 22.9. The average Bonchev–Trinajstić information content (AvgIpc) is 2.79. The second kappa shape index (κ2) is 8.72. The Hall–Kier alpha value is -3.23. The lowest BCUT2D eigenvalue weighted by Crippen LogP contribution is -2.36. The van der Waals surface area contributed by atoms with Gasteiger partial charge < -0.3 is 10.1 Å². The minimum atomic E-state index is -3.91. The lowest BCUT2D eigenvalue weighted by Gasteiger charge is -2.28. The summed E-state index contributed by atoms with van der Waals surface area (Å²) in [5, 5.41) is 2.62. The van der Waals surface area contributed by atoms with E-state index in [1.54, 1.807) is 12.1 Å². The summed E-state index contributed by atoms with van der Waals surface area (Å²) >= 11 is 0. The highest BCUT2D eigenvalue weighted by molar-refractivity contribution is 7.89. The van der Waals surface area contributed by atoms with Gasteiger partial charge in [-0.2, -0.15) is 4.31 Å². The number of carbonyl (C=O) groups excluding carboxylic acids is 1. The Kier molecular flexibility index (Phi) is 5.99. The van der Waals surface area contributed by atoms with E-state index in [0.29, 0.717) is 24.4 Å². The summed E-state index contributed by atoms with van der Waals surface area (Å²) in [5.74, 6) is -1.15. The third-order valence-corrected chi connectivity index (χ3v) is 7.36. The van der Waals surface area contributed by atoms with Crippen molar-refractivity contribution in [2.75, 3.05) is 19.0 Å². The van der Waals surface area contributed by atoms with Crippen molar-refractivity contribution in [1.29, 1.82) is 0 Å². The van der Waals surface area contributed by atoms with Gasteiger partial charge in [-0.3, -0.25) is 4.79 Å². The molecule has 0 radical (unpaired) electrons. The minimum Gasteiger partial charge on any atom is -0.495 e. The van der Waals surface area contributed by atoms with Gasteiger partial charge in [0.05, 0.1) is 23.3 Å². The van der Waals surface area contributed by atoms with Crippen molar-refractivity contribution in [2.24, 2.45) is 0 Å². The van der Waals surface area contributed by atoms with Crippen molar-refractivity contribution in [3.05, 3.63) is 88.7 Å². The summed E-state index contributed by atoms with van der Waals surface area (Å²) in [4.78, 5) is 12.7. The van der Waals surface area contributed by atoms with Crippen LogP contribution in [0.25, 0.3) is 0 Å². The van der Waals surface area contributed by atoms with Gasteiger partial charge in [0, 0.05) is 13.1 Å². The maximum atomic E-state index is 14.5. The number of hydrogen-bond donors (Lipinski definition) is 1.